The molecule has 1 aromatic heterocycles. The van der Waals surface area contributed by atoms with Gasteiger partial charge in [-0.05, 0) is 12.1 Å². The van der Waals surface area contributed by atoms with E-state index < -0.39 is 6.17 Å². The fraction of sp³-hybridized carbons (Fsp3) is 0.333. The molecule has 18 heavy (non-hydrogen) atoms. The molecule has 2 aromatic rings. The second-order valence-corrected chi connectivity index (χ2v) is 5.18. The quantitative estimate of drug-likeness (QED) is 0.926. The van der Waals surface area contributed by atoms with Crippen LogP contribution in [-0.4, -0.2) is 22.9 Å². The minimum Gasteiger partial charge on any atom is -0.337 e. The smallest absolute Gasteiger partial charge is 0.244 e. The molecule has 0 bridgehead atoms. The molecule has 0 amide bonds. The monoisotopic (exact) mass is 311 g/mol. The first-order valence-corrected chi connectivity index (χ1v) is 6.48. The normalized spacial score (nSPS) is 23.4. The van der Waals surface area contributed by atoms with Crippen LogP contribution in [0.5, 0.6) is 0 Å². The lowest BCUT2D eigenvalue weighted by Crippen LogP contribution is -2.14. The minimum atomic E-state index is -0.837. The van der Waals surface area contributed by atoms with Crippen molar-refractivity contribution in [2.75, 3.05) is 6.54 Å². The molecule has 1 fully saturated rings. The van der Waals surface area contributed by atoms with Gasteiger partial charge < -0.3 is 9.84 Å². The van der Waals surface area contributed by atoms with Gasteiger partial charge in [-0.3, -0.25) is 0 Å². The van der Waals surface area contributed by atoms with Crippen molar-refractivity contribution >= 4 is 15.9 Å². The van der Waals surface area contributed by atoms with Gasteiger partial charge in [-0.1, -0.05) is 33.2 Å². The maximum absolute atomic E-state index is 13.1. The Morgan fingerprint density at radius 3 is 3.06 bits per heavy atom. The van der Waals surface area contributed by atoms with Crippen LogP contribution >= 0.6 is 15.9 Å². The van der Waals surface area contributed by atoms with Crippen LogP contribution in [0.3, 0.4) is 0 Å². The topological polar surface area (TPSA) is 51.0 Å². The molecule has 1 saturated heterocycles. The summed E-state index contributed by atoms with van der Waals surface area (Å²) in [6.45, 7) is 0.346. The number of hydrogen-bond donors (Lipinski definition) is 1. The Kier molecular flexibility index (Phi) is 3.13. The van der Waals surface area contributed by atoms with E-state index in [1.54, 1.807) is 0 Å². The van der Waals surface area contributed by atoms with Crippen LogP contribution in [0, 0.1) is 0 Å². The molecule has 0 saturated carbocycles. The molecule has 1 aromatic carbocycles. The third-order valence-electron chi connectivity index (χ3n) is 2.90. The number of benzene rings is 1. The van der Waals surface area contributed by atoms with Crippen LogP contribution < -0.4 is 5.32 Å². The lowest BCUT2D eigenvalue weighted by atomic mass is 10.2. The van der Waals surface area contributed by atoms with Crippen LogP contribution in [0.25, 0.3) is 11.4 Å². The third-order valence-corrected chi connectivity index (χ3v) is 3.39. The summed E-state index contributed by atoms with van der Waals surface area (Å²) in [5.41, 5.74) is 0.870. The second-order valence-electron chi connectivity index (χ2n) is 4.26. The van der Waals surface area contributed by atoms with Crippen molar-refractivity contribution in [2.45, 2.75) is 18.6 Å². The van der Waals surface area contributed by atoms with E-state index in [0.717, 1.165) is 10.0 Å². The van der Waals surface area contributed by atoms with Gasteiger partial charge >= 0.3 is 0 Å². The van der Waals surface area contributed by atoms with Crippen molar-refractivity contribution in [3.63, 3.8) is 0 Å². The first-order chi connectivity index (χ1) is 8.72. The van der Waals surface area contributed by atoms with Crippen molar-refractivity contribution in [3.05, 3.63) is 34.6 Å². The molecule has 4 nitrogen and oxygen atoms in total. The van der Waals surface area contributed by atoms with Crippen LogP contribution in [0.15, 0.2) is 33.3 Å². The van der Waals surface area contributed by atoms with Gasteiger partial charge in [0.15, 0.2) is 0 Å². The Labute approximate surface area is 112 Å². The molecular formula is C12H11BrFN3O. The van der Waals surface area contributed by atoms with E-state index in [1.165, 1.54) is 0 Å². The summed E-state index contributed by atoms with van der Waals surface area (Å²) in [6.07, 6.45) is -0.448. The summed E-state index contributed by atoms with van der Waals surface area (Å²) >= 11 is 3.39. The van der Waals surface area contributed by atoms with Crippen LogP contribution in [0.1, 0.15) is 18.4 Å². The van der Waals surface area contributed by atoms with Crippen molar-refractivity contribution < 1.29 is 8.91 Å². The lowest BCUT2D eigenvalue weighted by molar-refractivity contribution is 0.324. The van der Waals surface area contributed by atoms with Crippen LogP contribution in [0.2, 0.25) is 0 Å². The molecule has 0 radical (unpaired) electrons. The van der Waals surface area contributed by atoms with Gasteiger partial charge in [0.1, 0.15) is 6.17 Å². The fourth-order valence-corrected chi connectivity index (χ4v) is 2.40. The van der Waals surface area contributed by atoms with Gasteiger partial charge in [-0.25, -0.2) is 4.39 Å². The first kappa shape index (κ1) is 11.8. The summed E-state index contributed by atoms with van der Waals surface area (Å²) in [5, 5.41) is 6.95. The predicted octanol–water partition coefficient (Wildman–Crippen LogP) is 2.87. The minimum absolute atomic E-state index is 0.173. The molecule has 2 atom stereocenters. The molecule has 94 valence electrons. The zero-order valence-electron chi connectivity index (χ0n) is 9.44. The van der Waals surface area contributed by atoms with Crippen molar-refractivity contribution in [1.29, 1.82) is 0 Å². The lowest BCUT2D eigenvalue weighted by Gasteiger charge is -2.01. The molecule has 0 spiro atoms. The third kappa shape index (κ3) is 2.30. The van der Waals surface area contributed by atoms with E-state index in [2.05, 4.69) is 31.4 Å². The summed E-state index contributed by atoms with van der Waals surface area (Å²) in [7, 11) is 0. The van der Waals surface area contributed by atoms with Gasteiger partial charge in [-0.15, -0.1) is 0 Å². The molecule has 1 aliphatic heterocycles. The zero-order valence-corrected chi connectivity index (χ0v) is 11.0. The average molecular weight is 312 g/mol. The number of aromatic nitrogens is 2. The Morgan fingerprint density at radius 2 is 2.33 bits per heavy atom. The maximum Gasteiger partial charge on any atom is 0.244 e. The molecule has 1 N–H and O–H groups in total. The molecule has 2 heterocycles. The highest BCUT2D eigenvalue weighted by Gasteiger charge is 2.29. The van der Waals surface area contributed by atoms with E-state index in [9.17, 15) is 4.39 Å². The van der Waals surface area contributed by atoms with E-state index in [-0.39, 0.29) is 6.04 Å². The zero-order chi connectivity index (χ0) is 12.5. The first-order valence-electron chi connectivity index (χ1n) is 5.69. The standard InChI is InChI=1S/C12H11BrFN3O/c13-8-3-1-2-7(4-8)11-16-12(18-17-11)10-5-9(14)6-15-10/h1-4,9-10,15H,5-6H2/t9-,10+/m0/s1. The van der Waals surface area contributed by atoms with Gasteiger partial charge in [0.05, 0.1) is 6.04 Å². The Bertz CT molecular complexity index is 560. The molecule has 3 rings (SSSR count). The second kappa shape index (κ2) is 4.78. The van der Waals surface area contributed by atoms with Gasteiger partial charge in [0, 0.05) is 23.0 Å². The summed E-state index contributed by atoms with van der Waals surface area (Å²) in [6, 6.07) is 7.47. The molecule has 6 heteroatoms. The average Bonchev–Trinajstić information content (AvgIpc) is 2.97. The summed E-state index contributed by atoms with van der Waals surface area (Å²) in [4.78, 5) is 4.31. The number of nitrogens with one attached hydrogen (secondary N) is 1. The van der Waals surface area contributed by atoms with Crippen LogP contribution in [-0.2, 0) is 0 Å². The Balaban J connectivity index is 1.85. The highest BCUT2D eigenvalue weighted by molar-refractivity contribution is 9.10. The van der Waals surface area contributed by atoms with Gasteiger partial charge in [0.2, 0.25) is 11.7 Å². The van der Waals surface area contributed by atoms with E-state index in [0.29, 0.717) is 24.7 Å². The Hall–Kier alpha value is -1.27. The fourth-order valence-electron chi connectivity index (χ4n) is 2.00. The van der Waals surface area contributed by atoms with E-state index in [1.807, 2.05) is 24.3 Å². The molecule has 1 aliphatic rings. The Morgan fingerprint density at radius 1 is 1.44 bits per heavy atom. The number of alkyl halides is 1. The van der Waals surface area contributed by atoms with Crippen LogP contribution in [0.4, 0.5) is 4.39 Å². The van der Waals surface area contributed by atoms with Crippen molar-refractivity contribution in [2.24, 2.45) is 0 Å². The number of hydrogen-bond acceptors (Lipinski definition) is 4. The summed E-state index contributed by atoms with van der Waals surface area (Å²) < 4.78 is 19.2. The van der Waals surface area contributed by atoms with Crippen molar-refractivity contribution in [3.8, 4) is 11.4 Å². The van der Waals surface area contributed by atoms with Crippen molar-refractivity contribution in [1.82, 2.24) is 15.5 Å². The highest BCUT2D eigenvalue weighted by atomic mass is 79.9. The maximum atomic E-state index is 13.1. The largest absolute Gasteiger partial charge is 0.337 e. The molecule has 0 aliphatic carbocycles. The SMILES string of the molecule is F[C@@H]1CN[C@@H](c2nc(-c3cccc(Br)c3)no2)C1. The number of halogens is 2. The number of nitrogens with zero attached hydrogens (tertiary/aromatic N) is 2. The predicted molar refractivity (Wildman–Crippen MR) is 67.7 cm³/mol. The van der Waals surface area contributed by atoms with Gasteiger partial charge in [-0.2, -0.15) is 4.98 Å². The highest BCUT2D eigenvalue weighted by Crippen LogP contribution is 2.26. The van der Waals surface area contributed by atoms with Gasteiger partial charge in [0.25, 0.3) is 0 Å². The molecule has 0 unspecified atom stereocenters. The van der Waals surface area contributed by atoms with E-state index >= 15 is 0 Å². The van der Waals surface area contributed by atoms with E-state index in [4.69, 9.17) is 4.52 Å². The summed E-state index contributed by atoms with van der Waals surface area (Å²) in [5.74, 6) is 0.973. The molecular weight excluding hydrogens is 301 g/mol. The number of rotatable bonds is 2.